The van der Waals surface area contributed by atoms with Crippen molar-refractivity contribution >= 4 is 29.0 Å². The van der Waals surface area contributed by atoms with Crippen LogP contribution >= 0.6 is 11.3 Å². The third kappa shape index (κ3) is 3.94. The van der Waals surface area contributed by atoms with Gasteiger partial charge in [-0.15, -0.1) is 11.3 Å². The predicted molar refractivity (Wildman–Crippen MR) is 84.0 cm³/mol. The number of aliphatic carboxylic acids is 1. The summed E-state index contributed by atoms with van der Waals surface area (Å²) in [6.45, 7) is 1.80. The van der Waals surface area contributed by atoms with Gasteiger partial charge in [-0.3, -0.25) is 14.4 Å². The molecule has 1 aliphatic rings. The smallest absolute Gasteiger partial charge is 0.308 e. The van der Waals surface area contributed by atoms with Crippen molar-refractivity contribution in [1.82, 2.24) is 5.32 Å². The number of carbonyl (C=O) groups is 3. The zero-order valence-electron chi connectivity index (χ0n) is 12.6. The summed E-state index contributed by atoms with van der Waals surface area (Å²) >= 11 is 1.36. The Kier molecular flexibility index (Phi) is 5.34. The van der Waals surface area contributed by atoms with E-state index in [1.807, 2.05) is 5.38 Å². The highest BCUT2D eigenvalue weighted by molar-refractivity contribution is 7.12. The molecule has 0 bridgehead atoms. The predicted octanol–water partition coefficient (Wildman–Crippen LogP) is 2.86. The molecule has 1 saturated carbocycles. The molecule has 1 aromatic rings. The minimum atomic E-state index is -0.864. The molecule has 22 heavy (non-hydrogen) atoms. The molecule has 1 aromatic heterocycles. The van der Waals surface area contributed by atoms with Crippen LogP contribution in [0.4, 0.5) is 0 Å². The first kappa shape index (κ1) is 16.7. The molecular formula is C16H21NO4S. The fourth-order valence-corrected chi connectivity index (χ4v) is 3.74. The minimum absolute atomic E-state index is 0.0475. The second kappa shape index (κ2) is 7.05. The average Bonchev–Trinajstić information content (AvgIpc) is 2.98. The Balaban J connectivity index is 1.90. The van der Waals surface area contributed by atoms with E-state index in [9.17, 15) is 19.5 Å². The molecule has 0 aromatic carbocycles. The first-order valence-electron chi connectivity index (χ1n) is 7.53. The summed E-state index contributed by atoms with van der Waals surface area (Å²) < 4.78 is 0. The molecule has 5 nitrogen and oxygen atoms in total. The maximum Gasteiger partial charge on any atom is 0.308 e. The summed E-state index contributed by atoms with van der Waals surface area (Å²) in [5.74, 6) is -1.72. The van der Waals surface area contributed by atoms with E-state index in [1.165, 1.54) is 11.3 Å². The molecule has 0 spiro atoms. The van der Waals surface area contributed by atoms with Crippen molar-refractivity contribution < 1.29 is 19.5 Å². The summed E-state index contributed by atoms with van der Waals surface area (Å²) in [5, 5.41) is 14.0. The average molecular weight is 323 g/mol. The molecule has 120 valence electrons. The van der Waals surface area contributed by atoms with Crippen LogP contribution in [0.1, 0.15) is 55.1 Å². The Morgan fingerprint density at radius 3 is 2.77 bits per heavy atom. The van der Waals surface area contributed by atoms with Gasteiger partial charge in [-0.2, -0.15) is 0 Å². The van der Waals surface area contributed by atoms with Crippen LogP contribution in [-0.4, -0.2) is 28.3 Å². The van der Waals surface area contributed by atoms with Crippen molar-refractivity contribution in [2.75, 3.05) is 0 Å². The van der Waals surface area contributed by atoms with E-state index in [4.69, 9.17) is 0 Å². The van der Waals surface area contributed by atoms with Crippen LogP contribution in [0.25, 0.3) is 0 Å². The van der Waals surface area contributed by atoms with Gasteiger partial charge in [0.05, 0.1) is 16.3 Å². The third-order valence-corrected chi connectivity index (χ3v) is 5.22. The Hall–Kier alpha value is -1.69. The lowest BCUT2D eigenvalue weighted by atomic mass is 9.74. The number of hydrogen-bond donors (Lipinski definition) is 2. The Morgan fingerprint density at radius 1 is 1.36 bits per heavy atom. The molecule has 0 saturated heterocycles. The quantitative estimate of drug-likeness (QED) is 0.789. The Morgan fingerprint density at radius 2 is 2.14 bits per heavy atom. The van der Waals surface area contributed by atoms with Gasteiger partial charge in [-0.25, -0.2) is 0 Å². The van der Waals surface area contributed by atoms with Crippen molar-refractivity contribution in [2.45, 2.75) is 51.0 Å². The summed E-state index contributed by atoms with van der Waals surface area (Å²) in [5.41, 5.74) is -0.715. The van der Waals surface area contributed by atoms with Gasteiger partial charge in [0.15, 0.2) is 5.78 Å². The summed E-state index contributed by atoms with van der Waals surface area (Å²) in [4.78, 5) is 36.0. The van der Waals surface area contributed by atoms with Crippen LogP contribution in [0.2, 0.25) is 0 Å². The molecule has 1 heterocycles. The SMILES string of the molecule is CC1(NC(=O)CCC(=O)c2cccs2)CCCCC1C(=O)O. The number of carboxylic acids is 1. The van der Waals surface area contributed by atoms with Gasteiger partial charge in [0.25, 0.3) is 0 Å². The second-order valence-electron chi connectivity index (χ2n) is 6.00. The first-order chi connectivity index (χ1) is 10.4. The van der Waals surface area contributed by atoms with Gasteiger partial charge in [0.2, 0.25) is 5.91 Å². The first-order valence-corrected chi connectivity index (χ1v) is 8.41. The lowest BCUT2D eigenvalue weighted by Gasteiger charge is -2.39. The van der Waals surface area contributed by atoms with Crippen LogP contribution in [0, 0.1) is 5.92 Å². The molecule has 0 aliphatic heterocycles. The van der Waals surface area contributed by atoms with Crippen LogP contribution in [0.5, 0.6) is 0 Å². The lowest BCUT2D eigenvalue weighted by molar-refractivity contribution is -0.146. The topological polar surface area (TPSA) is 83.5 Å². The lowest BCUT2D eigenvalue weighted by Crippen LogP contribution is -2.55. The number of ketones is 1. The van der Waals surface area contributed by atoms with Crippen molar-refractivity contribution in [2.24, 2.45) is 5.92 Å². The number of carbonyl (C=O) groups excluding carboxylic acids is 2. The van der Waals surface area contributed by atoms with Crippen LogP contribution in [0.3, 0.4) is 0 Å². The molecule has 2 N–H and O–H groups in total. The summed E-state index contributed by atoms with van der Waals surface area (Å²) in [6.07, 6.45) is 3.28. The van der Waals surface area contributed by atoms with Crippen molar-refractivity contribution in [1.29, 1.82) is 0 Å². The van der Waals surface area contributed by atoms with Gasteiger partial charge in [-0.05, 0) is 31.2 Å². The molecule has 0 radical (unpaired) electrons. The number of Topliss-reactive ketones (excluding diaryl/α,β-unsaturated/α-hetero) is 1. The van der Waals surface area contributed by atoms with Crippen LogP contribution < -0.4 is 5.32 Å². The van der Waals surface area contributed by atoms with E-state index in [2.05, 4.69) is 5.32 Å². The summed E-state index contributed by atoms with van der Waals surface area (Å²) in [6, 6.07) is 3.55. The maximum absolute atomic E-state index is 12.1. The number of rotatable bonds is 6. The van der Waals surface area contributed by atoms with Gasteiger partial charge >= 0.3 is 5.97 Å². The van der Waals surface area contributed by atoms with Gasteiger partial charge in [0, 0.05) is 12.8 Å². The van der Waals surface area contributed by atoms with Crippen molar-refractivity contribution in [3.63, 3.8) is 0 Å². The van der Waals surface area contributed by atoms with Crippen molar-refractivity contribution in [3.05, 3.63) is 22.4 Å². The number of carboxylic acid groups (broad SMARTS) is 1. The van der Waals surface area contributed by atoms with Gasteiger partial charge in [-0.1, -0.05) is 18.9 Å². The van der Waals surface area contributed by atoms with Crippen LogP contribution in [-0.2, 0) is 9.59 Å². The van der Waals surface area contributed by atoms with Crippen molar-refractivity contribution in [3.8, 4) is 0 Å². The largest absolute Gasteiger partial charge is 0.481 e. The number of thiophene rings is 1. The highest BCUT2D eigenvalue weighted by Gasteiger charge is 2.42. The monoisotopic (exact) mass is 323 g/mol. The second-order valence-corrected chi connectivity index (χ2v) is 6.95. The zero-order valence-corrected chi connectivity index (χ0v) is 13.4. The highest BCUT2D eigenvalue weighted by atomic mass is 32.1. The molecule has 2 rings (SSSR count). The molecular weight excluding hydrogens is 302 g/mol. The van der Waals surface area contributed by atoms with E-state index in [0.29, 0.717) is 17.7 Å². The number of hydrogen-bond acceptors (Lipinski definition) is 4. The van der Waals surface area contributed by atoms with Gasteiger partial charge in [0.1, 0.15) is 0 Å². The summed E-state index contributed by atoms with van der Waals surface area (Å²) in [7, 11) is 0. The molecule has 1 fully saturated rings. The highest BCUT2D eigenvalue weighted by Crippen LogP contribution is 2.34. The zero-order chi connectivity index (χ0) is 16.2. The van der Waals surface area contributed by atoms with E-state index in [1.54, 1.807) is 19.1 Å². The molecule has 6 heteroatoms. The van der Waals surface area contributed by atoms with Gasteiger partial charge < -0.3 is 10.4 Å². The number of amides is 1. The van der Waals surface area contributed by atoms with E-state index in [0.717, 1.165) is 12.8 Å². The van der Waals surface area contributed by atoms with E-state index >= 15 is 0 Å². The fourth-order valence-electron chi connectivity index (χ4n) is 3.05. The standard InChI is InChI=1S/C16H21NO4S/c1-16(9-3-2-5-11(16)15(20)21)17-14(19)8-7-12(18)13-6-4-10-22-13/h4,6,10-11H,2-3,5,7-9H2,1H3,(H,17,19)(H,20,21). The fraction of sp³-hybridized carbons (Fsp3) is 0.562. The van der Waals surface area contributed by atoms with Crippen LogP contribution in [0.15, 0.2) is 17.5 Å². The van der Waals surface area contributed by atoms with E-state index < -0.39 is 17.4 Å². The molecule has 2 unspecified atom stereocenters. The molecule has 1 aliphatic carbocycles. The normalized spacial score (nSPS) is 24.7. The molecule has 2 atom stereocenters. The van der Waals surface area contributed by atoms with E-state index in [-0.39, 0.29) is 24.5 Å². The number of nitrogens with one attached hydrogen (secondary N) is 1. The minimum Gasteiger partial charge on any atom is -0.481 e. The Labute approximate surface area is 133 Å². The third-order valence-electron chi connectivity index (χ3n) is 4.31. The Bertz CT molecular complexity index is 555. The maximum atomic E-state index is 12.1. The molecule has 1 amide bonds.